The number of benzene rings is 3. The van der Waals surface area contributed by atoms with Gasteiger partial charge in [-0.25, -0.2) is 19.3 Å². The van der Waals surface area contributed by atoms with E-state index in [1.807, 2.05) is 84.9 Å². The smallest absolute Gasteiger partial charge is 0.418 e. The fraction of sp³-hybridized carbons (Fsp3) is 0.300. The highest BCUT2D eigenvalue weighted by molar-refractivity contribution is 5.90. The summed E-state index contributed by atoms with van der Waals surface area (Å²) in [6.45, 7) is 6.23. The molecule has 0 atom stereocenters. The molecule has 8 heteroatoms. The molecular weight excluding hydrogens is 482 g/mol. The van der Waals surface area contributed by atoms with Gasteiger partial charge in [0.1, 0.15) is 12.2 Å². The Morgan fingerprint density at radius 2 is 1.24 bits per heavy atom. The first-order valence-electron chi connectivity index (χ1n) is 12.5. The summed E-state index contributed by atoms with van der Waals surface area (Å²) in [5, 5.41) is 5.52. The van der Waals surface area contributed by atoms with E-state index >= 15 is 0 Å². The predicted molar refractivity (Wildman–Crippen MR) is 145 cm³/mol. The highest BCUT2D eigenvalue weighted by Crippen LogP contribution is 2.10. The lowest BCUT2D eigenvalue weighted by molar-refractivity contribution is 0.0523. The SMILES string of the molecule is CC(C)(C)OC(=O)NCc1ccc(CNC(=O)N(CCc2ccccc2)C(=O)OCc2ccccc2)cc1. The molecule has 0 bridgehead atoms. The standard InChI is InChI=1S/C30H35N3O5/c1-30(2,3)38-28(35)32-21-25-16-14-24(15-17-25)20-31-27(34)33(19-18-23-10-6-4-7-11-23)29(36)37-22-26-12-8-5-9-13-26/h4-17H,18-22H2,1-3H3,(H,31,34)(H,32,35). The van der Waals surface area contributed by atoms with Crippen LogP contribution in [0.15, 0.2) is 84.9 Å². The Morgan fingerprint density at radius 1 is 0.711 bits per heavy atom. The van der Waals surface area contributed by atoms with Gasteiger partial charge in [0.2, 0.25) is 0 Å². The molecule has 0 aromatic heterocycles. The van der Waals surface area contributed by atoms with Crippen LogP contribution in [0.25, 0.3) is 0 Å². The minimum atomic E-state index is -0.703. The fourth-order valence-corrected chi connectivity index (χ4v) is 3.50. The van der Waals surface area contributed by atoms with Crippen molar-refractivity contribution in [1.29, 1.82) is 0 Å². The van der Waals surface area contributed by atoms with E-state index in [0.717, 1.165) is 27.2 Å². The van der Waals surface area contributed by atoms with Crippen LogP contribution in [0.4, 0.5) is 14.4 Å². The van der Waals surface area contributed by atoms with Gasteiger partial charge in [-0.3, -0.25) is 0 Å². The van der Waals surface area contributed by atoms with E-state index in [0.29, 0.717) is 13.0 Å². The van der Waals surface area contributed by atoms with Crippen LogP contribution in [-0.2, 0) is 35.6 Å². The number of carbonyl (C=O) groups is 3. The summed E-state index contributed by atoms with van der Waals surface area (Å²) in [5.74, 6) is 0. The molecular formula is C30H35N3O5. The average molecular weight is 518 g/mol. The normalized spacial score (nSPS) is 10.8. The summed E-state index contributed by atoms with van der Waals surface area (Å²) < 4.78 is 10.7. The van der Waals surface area contributed by atoms with Crippen molar-refractivity contribution in [1.82, 2.24) is 15.5 Å². The van der Waals surface area contributed by atoms with Crippen molar-refractivity contribution in [3.8, 4) is 0 Å². The molecule has 0 heterocycles. The van der Waals surface area contributed by atoms with Crippen LogP contribution in [0.5, 0.6) is 0 Å². The van der Waals surface area contributed by atoms with Crippen molar-refractivity contribution < 1.29 is 23.9 Å². The second-order valence-corrected chi connectivity index (χ2v) is 9.76. The molecule has 0 aliphatic carbocycles. The third-order valence-electron chi connectivity index (χ3n) is 5.44. The highest BCUT2D eigenvalue weighted by atomic mass is 16.6. The Morgan fingerprint density at radius 3 is 1.79 bits per heavy atom. The van der Waals surface area contributed by atoms with Crippen LogP contribution >= 0.6 is 0 Å². The minimum Gasteiger partial charge on any atom is -0.444 e. The van der Waals surface area contributed by atoms with Crippen molar-refractivity contribution in [2.45, 2.75) is 52.5 Å². The predicted octanol–water partition coefficient (Wildman–Crippen LogP) is 5.80. The van der Waals surface area contributed by atoms with E-state index in [4.69, 9.17) is 9.47 Å². The molecule has 3 rings (SSSR count). The van der Waals surface area contributed by atoms with E-state index in [1.54, 1.807) is 20.8 Å². The van der Waals surface area contributed by atoms with Crippen LogP contribution < -0.4 is 10.6 Å². The second-order valence-electron chi connectivity index (χ2n) is 9.76. The molecule has 0 saturated heterocycles. The lowest BCUT2D eigenvalue weighted by Crippen LogP contribution is -2.44. The summed E-state index contributed by atoms with van der Waals surface area (Å²) in [5.41, 5.74) is 3.02. The molecule has 38 heavy (non-hydrogen) atoms. The Kier molecular flexibility index (Phi) is 10.3. The van der Waals surface area contributed by atoms with Gasteiger partial charge < -0.3 is 20.1 Å². The monoisotopic (exact) mass is 517 g/mol. The number of alkyl carbamates (subject to hydrolysis) is 1. The van der Waals surface area contributed by atoms with Gasteiger partial charge in [-0.15, -0.1) is 0 Å². The Bertz CT molecular complexity index is 1180. The zero-order chi connectivity index (χ0) is 27.4. The molecule has 8 nitrogen and oxygen atoms in total. The van der Waals surface area contributed by atoms with E-state index < -0.39 is 23.8 Å². The van der Waals surface area contributed by atoms with Crippen LogP contribution in [0.3, 0.4) is 0 Å². The topological polar surface area (TPSA) is 97.0 Å². The summed E-state index contributed by atoms with van der Waals surface area (Å²) in [4.78, 5) is 38.8. The lowest BCUT2D eigenvalue weighted by atomic mass is 10.1. The number of amides is 4. The molecule has 3 aromatic carbocycles. The van der Waals surface area contributed by atoms with E-state index in [1.165, 1.54) is 0 Å². The Hall–Kier alpha value is -4.33. The molecule has 0 aliphatic heterocycles. The first-order chi connectivity index (χ1) is 18.2. The Labute approximate surface area is 223 Å². The first kappa shape index (κ1) is 28.2. The zero-order valence-electron chi connectivity index (χ0n) is 22.1. The van der Waals surface area contributed by atoms with Crippen molar-refractivity contribution in [3.63, 3.8) is 0 Å². The van der Waals surface area contributed by atoms with Crippen LogP contribution in [0, 0.1) is 0 Å². The van der Waals surface area contributed by atoms with Crippen molar-refractivity contribution in [2.24, 2.45) is 0 Å². The summed E-state index contributed by atoms with van der Waals surface area (Å²) in [6.07, 6.45) is -0.678. The van der Waals surface area contributed by atoms with Gasteiger partial charge >= 0.3 is 18.2 Å². The first-order valence-corrected chi connectivity index (χ1v) is 12.5. The maximum atomic E-state index is 13.0. The number of nitrogens with zero attached hydrogens (tertiary/aromatic N) is 1. The van der Waals surface area contributed by atoms with Crippen LogP contribution in [-0.4, -0.2) is 35.3 Å². The maximum absolute atomic E-state index is 13.0. The van der Waals surface area contributed by atoms with Crippen LogP contribution in [0.2, 0.25) is 0 Å². The lowest BCUT2D eigenvalue weighted by Gasteiger charge is -2.21. The van der Waals surface area contributed by atoms with Gasteiger partial charge in [0.15, 0.2) is 0 Å². The largest absolute Gasteiger partial charge is 0.444 e. The average Bonchev–Trinajstić information content (AvgIpc) is 2.90. The fourth-order valence-electron chi connectivity index (χ4n) is 3.50. The molecule has 0 spiro atoms. The third-order valence-corrected chi connectivity index (χ3v) is 5.44. The van der Waals surface area contributed by atoms with Crippen molar-refractivity contribution in [3.05, 3.63) is 107 Å². The number of urea groups is 1. The maximum Gasteiger partial charge on any atom is 0.418 e. The summed E-state index contributed by atoms with van der Waals surface area (Å²) in [7, 11) is 0. The zero-order valence-corrected chi connectivity index (χ0v) is 22.1. The molecule has 0 aliphatic rings. The number of hydrogen-bond donors (Lipinski definition) is 2. The third kappa shape index (κ3) is 9.97. The minimum absolute atomic E-state index is 0.0770. The Balaban J connectivity index is 1.55. The van der Waals surface area contributed by atoms with Gasteiger partial charge in [-0.2, -0.15) is 0 Å². The van der Waals surface area contributed by atoms with Gasteiger partial charge in [0, 0.05) is 19.6 Å². The van der Waals surface area contributed by atoms with Crippen LogP contribution in [0.1, 0.15) is 43.0 Å². The van der Waals surface area contributed by atoms with E-state index in [-0.39, 0.29) is 19.7 Å². The molecule has 0 saturated carbocycles. The summed E-state index contributed by atoms with van der Waals surface area (Å²) in [6, 6.07) is 25.9. The molecule has 0 radical (unpaired) electrons. The van der Waals surface area contributed by atoms with Gasteiger partial charge in [0.05, 0.1) is 0 Å². The number of ether oxygens (including phenoxy) is 2. The molecule has 3 aromatic rings. The number of nitrogens with one attached hydrogen (secondary N) is 2. The summed E-state index contributed by atoms with van der Waals surface area (Å²) >= 11 is 0. The molecule has 0 fully saturated rings. The molecule has 2 N–H and O–H groups in total. The molecule has 0 unspecified atom stereocenters. The number of rotatable bonds is 9. The van der Waals surface area contributed by atoms with E-state index in [9.17, 15) is 14.4 Å². The number of imide groups is 1. The number of hydrogen-bond acceptors (Lipinski definition) is 5. The van der Waals surface area contributed by atoms with Crippen molar-refractivity contribution >= 4 is 18.2 Å². The molecule has 200 valence electrons. The van der Waals surface area contributed by atoms with Gasteiger partial charge in [-0.05, 0) is 49.4 Å². The van der Waals surface area contributed by atoms with E-state index in [2.05, 4.69) is 10.6 Å². The molecule has 4 amide bonds. The highest BCUT2D eigenvalue weighted by Gasteiger charge is 2.23. The van der Waals surface area contributed by atoms with Gasteiger partial charge in [-0.1, -0.05) is 84.9 Å². The quantitative estimate of drug-likeness (QED) is 0.374. The second kappa shape index (κ2) is 13.8. The van der Waals surface area contributed by atoms with Gasteiger partial charge in [0.25, 0.3) is 0 Å². The van der Waals surface area contributed by atoms with Crippen molar-refractivity contribution in [2.75, 3.05) is 6.54 Å². The number of carbonyl (C=O) groups excluding carboxylic acids is 3.